The van der Waals surface area contributed by atoms with Crippen molar-refractivity contribution in [2.24, 2.45) is 0 Å². The van der Waals surface area contributed by atoms with Gasteiger partial charge in [-0.25, -0.2) is 9.59 Å². The molecule has 1 aromatic carbocycles. The van der Waals surface area contributed by atoms with Gasteiger partial charge in [0.05, 0.1) is 7.11 Å². The maximum atomic E-state index is 11.8. The largest absolute Gasteiger partial charge is 0.467 e. The third kappa shape index (κ3) is 5.09. The molecule has 0 bridgehead atoms. The number of benzene rings is 1. The quantitative estimate of drug-likeness (QED) is 0.871. The molecule has 1 aromatic rings. The Morgan fingerprint density at radius 2 is 1.75 bits per heavy atom. The highest BCUT2D eigenvalue weighted by atomic mass is 35.5. The first-order chi connectivity index (χ1) is 9.23. The van der Waals surface area contributed by atoms with Gasteiger partial charge in [0, 0.05) is 5.02 Å². The van der Waals surface area contributed by atoms with Gasteiger partial charge in [0.25, 0.3) is 0 Å². The molecule has 0 heterocycles. The second-order valence-electron chi connectivity index (χ2n) is 5.15. The third-order valence-electron chi connectivity index (χ3n) is 2.30. The number of methoxy groups -OCH3 is 1. The lowest BCUT2D eigenvalue weighted by Crippen LogP contribution is -2.38. The number of hydrogen-bond donors (Lipinski definition) is 1. The Hall–Kier alpha value is -1.75. The molecule has 6 heteroatoms. The minimum Gasteiger partial charge on any atom is -0.467 e. The molecular weight excluding hydrogens is 282 g/mol. The number of alkyl carbamates (subject to hydrolysis) is 1. The monoisotopic (exact) mass is 299 g/mol. The predicted molar refractivity (Wildman–Crippen MR) is 75.6 cm³/mol. The predicted octanol–water partition coefficient (Wildman–Crippen LogP) is 3.08. The summed E-state index contributed by atoms with van der Waals surface area (Å²) in [4.78, 5) is 23.5. The molecule has 110 valence electrons. The van der Waals surface area contributed by atoms with Crippen LogP contribution in [0, 0.1) is 0 Å². The van der Waals surface area contributed by atoms with Crippen LogP contribution in [0.25, 0.3) is 0 Å². The number of halogens is 1. The summed E-state index contributed by atoms with van der Waals surface area (Å²) in [6.45, 7) is 5.21. The minimum absolute atomic E-state index is 0.537. The van der Waals surface area contributed by atoms with Gasteiger partial charge in [-0.1, -0.05) is 23.7 Å². The van der Waals surface area contributed by atoms with E-state index in [0.29, 0.717) is 10.6 Å². The fraction of sp³-hybridized carbons (Fsp3) is 0.429. The Balaban J connectivity index is 2.88. The molecule has 20 heavy (non-hydrogen) atoms. The van der Waals surface area contributed by atoms with E-state index < -0.39 is 23.7 Å². The SMILES string of the molecule is COC(=O)[C@@H](NC(=O)OC(C)(C)C)c1ccc(Cl)cc1. The van der Waals surface area contributed by atoms with E-state index in [1.165, 1.54) is 7.11 Å². The maximum absolute atomic E-state index is 11.8. The van der Waals surface area contributed by atoms with E-state index in [1.54, 1.807) is 45.0 Å². The number of carbonyl (C=O) groups is 2. The van der Waals surface area contributed by atoms with Crippen LogP contribution in [0.2, 0.25) is 5.02 Å². The van der Waals surface area contributed by atoms with Crippen LogP contribution in [0.1, 0.15) is 32.4 Å². The van der Waals surface area contributed by atoms with Gasteiger partial charge in [0.15, 0.2) is 6.04 Å². The normalized spacial score (nSPS) is 12.4. The van der Waals surface area contributed by atoms with E-state index in [4.69, 9.17) is 16.3 Å². The van der Waals surface area contributed by atoms with Crippen LogP contribution in [0.4, 0.5) is 4.79 Å². The van der Waals surface area contributed by atoms with Gasteiger partial charge in [-0.2, -0.15) is 0 Å². The lowest BCUT2D eigenvalue weighted by Gasteiger charge is -2.22. The summed E-state index contributed by atoms with van der Waals surface area (Å²) in [5.41, 5.74) is -0.0859. The van der Waals surface area contributed by atoms with E-state index in [-0.39, 0.29) is 0 Å². The summed E-state index contributed by atoms with van der Waals surface area (Å²) >= 11 is 5.79. The lowest BCUT2D eigenvalue weighted by atomic mass is 10.1. The molecule has 0 saturated carbocycles. The standard InChI is InChI=1S/C14H18ClNO4/c1-14(2,3)20-13(18)16-11(12(17)19-4)9-5-7-10(15)8-6-9/h5-8,11H,1-4H3,(H,16,18)/t11-/m0/s1. The molecule has 0 unspecified atom stereocenters. The van der Waals surface area contributed by atoms with Crippen LogP contribution in [0.15, 0.2) is 24.3 Å². The Bertz CT molecular complexity index is 479. The van der Waals surface area contributed by atoms with Gasteiger partial charge in [-0.3, -0.25) is 0 Å². The van der Waals surface area contributed by atoms with Crippen LogP contribution in [-0.4, -0.2) is 24.8 Å². The molecule has 1 N–H and O–H groups in total. The van der Waals surface area contributed by atoms with Gasteiger partial charge in [-0.15, -0.1) is 0 Å². The number of esters is 1. The molecule has 0 radical (unpaired) electrons. The van der Waals surface area contributed by atoms with E-state index >= 15 is 0 Å². The molecular formula is C14H18ClNO4. The number of carbonyl (C=O) groups excluding carboxylic acids is 2. The molecule has 0 aliphatic rings. The summed E-state index contributed by atoms with van der Waals surface area (Å²) in [5.74, 6) is -0.585. The third-order valence-corrected chi connectivity index (χ3v) is 2.55. The van der Waals surface area contributed by atoms with Crippen LogP contribution in [-0.2, 0) is 14.3 Å². The van der Waals surface area contributed by atoms with Crippen molar-refractivity contribution >= 4 is 23.7 Å². The van der Waals surface area contributed by atoms with E-state index in [0.717, 1.165) is 0 Å². The molecule has 0 aliphatic heterocycles. The van der Waals surface area contributed by atoms with Crippen molar-refractivity contribution in [3.05, 3.63) is 34.9 Å². The van der Waals surface area contributed by atoms with Gasteiger partial charge < -0.3 is 14.8 Å². The van der Waals surface area contributed by atoms with Crippen molar-refractivity contribution in [2.45, 2.75) is 32.4 Å². The van der Waals surface area contributed by atoms with Crippen LogP contribution in [0.3, 0.4) is 0 Å². The maximum Gasteiger partial charge on any atom is 0.408 e. The topological polar surface area (TPSA) is 64.6 Å². The molecule has 0 saturated heterocycles. The average molecular weight is 300 g/mol. The molecule has 0 aliphatic carbocycles. The first-order valence-electron chi connectivity index (χ1n) is 6.06. The second kappa shape index (κ2) is 6.61. The summed E-state index contributed by atoms with van der Waals surface area (Å²) in [7, 11) is 1.25. The van der Waals surface area contributed by atoms with Crippen molar-refractivity contribution < 1.29 is 19.1 Å². The lowest BCUT2D eigenvalue weighted by molar-refractivity contribution is -0.143. The molecule has 0 aromatic heterocycles. The average Bonchev–Trinajstić information content (AvgIpc) is 2.34. The molecule has 1 amide bonds. The summed E-state index contributed by atoms with van der Waals surface area (Å²) < 4.78 is 9.81. The Morgan fingerprint density at radius 3 is 2.20 bits per heavy atom. The zero-order valence-corrected chi connectivity index (χ0v) is 12.7. The Labute approximate surface area is 123 Å². The van der Waals surface area contributed by atoms with Crippen molar-refractivity contribution in [3.8, 4) is 0 Å². The van der Waals surface area contributed by atoms with E-state index in [2.05, 4.69) is 10.1 Å². The van der Waals surface area contributed by atoms with Crippen LogP contribution in [0.5, 0.6) is 0 Å². The Kier molecular flexibility index (Phi) is 5.39. The van der Waals surface area contributed by atoms with Gasteiger partial charge in [0.2, 0.25) is 0 Å². The number of amides is 1. The second-order valence-corrected chi connectivity index (χ2v) is 5.59. The van der Waals surface area contributed by atoms with Crippen molar-refractivity contribution in [2.75, 3.05) is 7.11 Å². The number of hydrogen-bond acceptors (Lipinski definition) is 4. The molecule has 1 rings (SSSR count). The first-order valence-corrected chi connectivity index (χ1v) is 6.43. The van der Waals surface area contributed by atoms with Crippen molar-refractivity contribution in [1.82, 2.24) is 5.32 Å². The van der Waals surface area contributed by atoms with Gasteiger partial charge >= 0.3 is 12.1 Å². The number of ether oxygens (including phenoxy) is 2. The molecule has 1 atom stereocenters. The first kappa shape index (κ1) is 16.3. The summed E-state index contributed by atoms with van der Waals surface area (Å²) in [6.07, 6.45) is -0.692. The molecule has 5 nitrogen and oxygen atoms in total. The number of rotatable bonds is 3. The highest BCUT2D eigenvalue weighted by Crippen LogP contribution is 2.18. The van der Waals surface area contributed by atoms with E-state index in [9.17, 15) is 9.59 Å². The van der Waals surface area contributed by atoms with Crippen LogP contribution < -0.4 is 5.32 Å². The number of nitrogens with one attached hydrogen (secondary N) is 1. The minimum atomic E-state index is -0.938. The summed E-state index contributed by atoms with van der Waals surface area (Å²) in [5, 5.41) is 3.02. The van der Waals surface area contributed by atoms with Gasteiger partial charge in [0.1, 0.15) is 5.60 Å². The Morgan fingerprint density at radius 1 is 1.20 bits per heavy atom. The van der Waals surface area contributed by atoms with Crippen molar-refractivity contribution in [3.63, 3.8) is 0 Å². The smallest absolute Gasteiger partial charge is 0.408 e. The highest BCUT2D eigenvalue weighted by molar-refractivity contribution is 6.30. The zero-order valence-electron chi connectivity index (χ0n) is 11.9. The van der Waals surface area contributed by atoms with Crippen LogP contribution >= 0.6 is 11.6 Å². The van der Waals surface area contributed by atoms with Gasteiger partial charge in [-0.05, 0) is 38.5 Å². The van der Waals surface area contributed by atoms with Crippen molar-refractivity contribution in [1.29, 1.82) is 0 Å². The highest BCUT2D eigenvalue weighted by Gasteiger charge is 2.26. The van der Waals surface area contributed by atoms with E-state index in [1.807, 2.05) is 0 Å². The fourth-order valence-electron chi connectivity index (χ4n) is 1.48. The summed E-state index contributed by atoms with van der Waals surface area (Å²) in [6, 6.07) is 5.60. The fourth-order valence-corrected chi connectivity index (χ4v) is 1.60. The molecule has 0 spiro atoms. The molecule has 0 fully saturated rings. The zero-order chi connectivity index (χ0) is 15.3.